The van der Waals surface area contributed by atoms with E-state index in [0.717, 1.165) is 12.0 Å². The highest BCUT2D eigenvalue weighted by Crippen LogP contribution is 2.33. The fourth-order valence-electron chi connectivity index (χ4n) is 2.98. The molecule has 0 aromatic rings. The van der Waals surface area contributed by atoms with Gasteiger partial charge in [0.1, 0.15) is 0 Å². The Bertz CT molecular complexity index is 190. The van der Waals surface area contributed by atoms with Crippen LogP contribution in [0.2, 0.25) is 0 Å². The minimum atomic E-state index is 0.518. The van der Waals surface area contributed by atoms with E-state index in [0.29, 0.717) is 6.10 Å². The highest BCUT2D eigenvalue weighted by atomic mass is 16.5. The van der Waals surface area contributed by atoms with Crippen LogP contribution in [-0.2, 0) is 4.74 Å². The van der Waals surface area contributed by atoms with Crippen molar-refractivity contribution in [2.45, 2.75) is 37.8 Å². The molecule has 88 valence electrons. The molecule has 1 aliphatic carbocycles. The van der Waals surface area contributed by atoms with Gasteiger partial charge in [0.2, 0.25) is 0 Å². The van der Waals surface area contributed by atoms with Crippen molar-refractivity contribution in [3.05, 3.63) is 0 Å². The van der Waals surface area contributed by atoms with Gasteiger partial charge < -0.3 is 10.1 Å². The van der Waals surface area contributed by atoms with E-state index in [1.165, 1.54) is 45.3 Å². The molecule has 0 aromatic heterocycles. The lowest BCUT2D eigenvalue weighted by Gasteiger charge is -2.47. The molecule has 2 rings (SSSR count). The maximum absolute atomic E-state index is 5.41. The van der Waals surface area contributed by atoms with Crippen LogP contribution in [0.1, 0.15) is 25.7 Å². The van der Waals surface area contributed by atoms with E-state index in [1.54, 1.807) is 0 Å². The maximum Gasteiger partial charge on any atom is 0.0595 e. The molecule has 0 bridgehead atoms. The first-order valence-corrected chi connectivity index (χ1v) is 6.26. The smallest absolute Gasteiger partial charge is 0.0595 e. The van der Waals surface area contributed by atoms with Gasteiger partial charge >= 0.3 is 0 Å². The first kappa shape index (κ1) is 11.4. The highest BCUT2D eigenvalue weighted by Gasteiger charge is 2.36. The molecule has 15 heavy (non-hydrogen) atoms. The summed E-state index contributed by atoms with van der Waals surface area (Å²) in [6, 6.07) is 0.857. The average molecular weight is 212 g/mol. The predicted octanol–water partition coefficient (Wildman–Crippen LogP) is 1.10. The van der Waals surface area contributed by atoms with Crippen LogP contribution in [0.15, 0.2) is 0 Å². The van der Waals surface area contributed by atoms with Crippen LogP contribution >= 0.6 is 0 Å². The summed E-state index contributed by atoms with van der Waals surface area (Å²) in [6.07, 6.45) is 5.78. The molecule has 3 nitrogen and oxygen atoms in total. The topological polar surface area (TPSA) is 24.5 Å². The van der Waals surface area contributed by atoms with Crippen molar-refractivity contribution in [3.8, 4) is 0 Å². The fraction of sp³-hybridized carbons (Fsp3) is 1.00. The fourth-order valence-corrected chi connectivity index (χ4v) is 2.98. The van der Waals surface area contributed by atoms with E-state index >= 15 is 0 Å². The van der Waals surface area contributed by atoms with Crippen LogP contribution in [0.25, 0.3) is 0 Å². The molecular weight excluding hydrogens is 188 g/mol. The van der Waals surface area contributed by atoms with Crippen LogP contribution in [0.5, 0.6) is 0 Å². The number of methoxy groups -OCH3 is 1. The zero-order valence-electron chi connectivity index (χ0n) is 10.0. The third-order valence-corrected chi connectivity index (χ3v) is 4.12. The van der Waals surface area contributed by atoms with Gasteiger partial charge in [0, 0.05) is 26.2 Å². The monoisotopic (exact) mass is 212 g/mol. The second kappa shape index (κ2) is 5.28. The summed E-state index contributed by atoms with van der Waals surface area (Å²) in [6.45, 7) is 3.67. The van der Waals surface area contributed by atoms with Crippen molar-refractivity contribution in [3.63, 3.8) is 0 Å². The number of ether oxygens (including phenoxy) is 1. The third kappa shape index (κ3) is 2.52. The van der Waals surface area contributed by atoms with Gasteiger partial charge in [-0.1, -0.05) is 0 Å². The van der Waals surface area contributed by atoms with Crippen molar-refractivity contribution in [2.75, 3.05) is 33.8 Å². The van der Waals surface area contributed by atoms with Gasteiger partial charge in [-0.3, -0.25) is 4.90 Å². The molecule has 0 spiro atoms. The molecule has 1 heterocycles. The molecule has 2 atom stereocenters. The van der Waals surface area contributed by atoms with Gasteiger partial charge in [-0.15, -0.1) is 0 Å². The number of hydrogen-bond donors (Lipinski definition) is 1. The Balaban J connectivity index is 1.75. The van der Waals surface area contributed by atoms with Gasteiger partial charge in [-0.05, 0) is 45.2 Å². The van der Waals surface area contributed by atoms with Crippen molar-refractivity contribution in [1.29, 1.82) is 0 Å². The van der Waals surface area contributed by atoms with Crippen molar-refractivity contribution < 1.29 is 4.74 Å². The lowest BCUT2D eigenvalue weighted by atomic mass is 9.77. The van der Waals surface area contributed by atoms with Crippen LogP contribution in [0.3, 0.4) is 0 Å². The average Bonchev–Trinajstić information content (AvgIpc) is 2.25. The molecule has 0 amide bonds. The van der Waals surface area contributed by atoms with Gasteiger partial charge in [0.15, 0.2) is 0 Å². The number of nitrogens with one attached hydrogen (secondary N) is 1. The molecule has 1 aliphatic heterocycles. The minimum absolute atomic E-state index is 0.518. The van der Waals surface area contributed by atoms with Gasteiger partial charge in [-0.2, -0.15) is 0 Å². The first-order valence-electron chi connectivity index (χ1n) is 6.26. The van der Waals surface area contributed by atoms with Gasteiger partial charge in [0.05, 0.1) is 6.10 Å². The summed E-state index contributed by atoms with van der Waals surface area (Å²) in [5, 5.41) is 3.31. The van der Waals surface area contributed by atoms with E-state index < -0.39 is 0 Å². The SMILES string of the molecule is CNCC1CCC1N1CCC(OC)CC1. The number of rotatable bonds is 4. The van der Waals surface area contributed by atoms with Crippen LogP contribution < -0.4 is 5.32 Å². The molecule has 1 N–H and O–H groups in total. The van der Waals surface area contributed by atoms with Crippen molar-refractivity contribution >= 4 is 0 Å². The van der Waals surface area contributed by atoms with E-state index in [1.807, 2.05) is 7.11 Å². The zero-order chi connectivity index (χ0) is 10.7. The maximum atomic E-state index is 5.41. The summed E-state index contributed by atoms with van der Waals surface area (Å²) in [5.41, 5.74) is 0. The molecule has 0 radical (unpaired) electrons. The predicted molar refractivity (Wildman–Crippen MR) is 62.0 cm³/mol. The molecule has 0 aromatic carbocycles. The first-order chi connectivity index (χ1) is 7.35. The largest absolute Gasteiger partial charge is 0.381 e. The Morgan fingerprint density at radius 1 is 1.20 bits per heavy atom. The molecular formula is C12H24N2O. The van der Waals surface area contributed by atoms with Crippen LogP contribution in [0, 0.1) is 5.92 Å². The van der Waals surface area contributed by atoms with Crippen molar-refractivity contribution in [2.24, 2.45) is 5.92 Å². The Kier molecular flexibility index (Phi) is 4.00. The van der Waals surface area contributed by atoms with E-state index in [4.69, 9.17) is 4.74 Å². The standard InChI is InChI=1S/C12H24N2O/c1-13-9-10-3-4-12(10)14-7-5-11(15-2)6-8-14/h10-13H,3-9H2,1-2H3. The number of piperidine rings is 1. The number of nitrogens with zero attached hydrogens (tertiary/aromatic N) is 1. The summed E-state index contributed by atoms with van der Waals surface area (Å²) in [7, 11) is 3.90. The Morgan fingerprint density at radius 3 is 2.40 bits per heavy atom. The van der Waals surface area contributed by atoms with E-state index in [2.05, 4.69) is 17.3 Å². The zero-order valence-corrected chi connectivity index (χ0v) is 10.0. The molecule has 1 saturated carbocycles. The molecule has 3 heteroatoms. The normalized spacial score (nSPS) is 34.0. The Hall–Kier alpha value is -0.120. The molecule has 2 aliphatic rings. The summed E-state index contributed by atoms with van der Waals surface area (Å²) >= 11 is 0. The lowest BCUT2D eigenvalue weighted by molar-refractivity contribution is -0.00819. The Labute approximate surface area is 93.2 Å². The second-order valence-corrected chi connectivity index (χ2v) is 4.93. The third-order valence-electron chi connectivity index (χ3n) is 4.12. The van der Waals surface area contributed by atoms with E-state index in [-0.39, 0.29) is 0 Å². The van der Waals surface area contributed by atoms with Crippen LogP contribution in [-0.4, -0.2) is 50.8 Å². The lowest BCUT2D eigenvalue weighted by Crippen LogP contribution is -2.53. The van der Waals surface area contributed by atoms with Crippen LogP contribution in [0.4, 0.5) is 0 Å². The minimum Gasteiger partial charge on any atom is -0.381 e. The summed E-state index contributed by atoms with van der Waals surface area (Å²) in [5.74, 6) is 0.897. The van der Waals surface area contributed by atoms with E-state index in [9.17, 15) is 0 Å². The highest BCUT2D eigenvalue weighted by molar-refractivity contribution is 4.91. The number of likely N-dealkylation sites (tertiary alicyclic amines) is 1. The molecule has 2 unspecified atom stereocenters. The van der Waals surface area contributed by atoms with Gasteiger partial charge in [0.25, 0.3) is 0 Å². The van der Waals surface area contributed by atoms with Crippen molar-refractivity contribution in [1.82, 2.24) is 10.2 Å². The molecule has 1 saturated heterocycles. The number of hydrogen-bond acceptors (Lipinski definition) is 3. The summed E-state index contributed by atoms with van der Waals surface area (Å²) < 4.78 is 5.41. The van der Waals surface area contributed by atoms with Gasteiger partial charge in [-0.25, -0.2) is 0 Å². The second-order valence-electron chi connectivity index (χ2n) is 4.93. The molecule has 2 fully saturated rings. The summed E-state index contributed by atoms with van der Waals surface area (Å²) in [4.78, 5) is 2.68. The Morgan fingerprint density at radius 2 is 1.93 bits per heavy atom. The quantitative estimate of drug-likeness (QED) is 0.755.